The summed E-state index contributed by atoms with van der Waals surface area (Å²) in [4.78, 5) is 0. The SMILES string of the molecule is CO[C@@H]1CC[C@H]1CNC(C)C. The Bertz CT molecular complexity index is 112. The number of hydrogen-bond acceptors (Lipinski definition) is 2. The number of rotatable bonds is 4. The molecule has 2 heteroatoms. The Morgan fingerprint density at radius 3 is 2.55 bits per heavy atom. The molecule has 0 bridgehead atoms. The highest BCUT2D eigenvalue weighted by molar-refractivity contribution is 4.83. The molecule has 1 saturated carbocycles. The van der Waals surface area contributed by atoms with E-state index in [0.717, 1.165) is 12.5 Å². The third kappa shape index (κ3) is 2.46. The molecule has 0 aromatic rings. The Kier molecular flexibility index (Phi) is 3.34. The lowest BCUT2D eigenvalue weighted by Crippen LogP contribution is -2.42. The third-order valence-corrected chi connectivity index (χ3v) is 2.44. The van der Waals surface area contributed by atoms with Crippen molar-refractivity contribution >= 4 is 0 Å². The van der Waals surface area contributed by atoms with Crippen LogP contribution in [0.2, 0.25) is 0 Å². The zero-order valence-electron chi connectivity index (χ0n) is 7.76. The van der Waals surface area contributed by atoms with Crippen LogP contribution in [0, 0.1) is 5.92 Å². The molecule has 0 unspecified atom stereocenters. The van der Waals surface area contributed by atoms with Gasteiger partial charge in [-0.15, -0.1) is 0 Å². The van der Waals surface area contributed by atoms with E-state index in [1.807, 2.05) is 7.11 Å². The van der Waals surface area contributed by atoms with Crippen molar-refractivity contribution in [2.24, 2.45) is 5.92 Å². The maximum Gasteiger partial charge on any atom is 0.0611 e. The van der Waals surface area contributed by atoms with Crippen LogP contribution >= 0.6 is 0 Å². The summed E-state index contributed by atoms with van der Waals surface area (Å²) in [6.07, 6.45) is 3.11. The lowest BCUT2D eigenvalue weighted by Gasteiger charge is -2.35. The van der Waals surface area contributed by atoms with Gasteiger partial charge in [0.1, 0.15) is 0 Å². The first-order chi connectivity index (χ1) is 5.24. The van der Waals surface area contributed by atoms with Crippen molar-refractivity contribution in [2.75, 3.05) is 13.7 Å². The molecule has 1 aliphatic rings. The van der Waals surface area contributed by atoms with E-state index >= 15 is 0 Å². The molecular weight excluding hydrogens is 138 g/mol. The van der Waals surface area contributed by atoms with Crippen LogP contribution in [0.15, 0.2) is 0 Å². The summed E-state index contributed by atoms with van der Waals surface area (Å²) in [5.41, 5.74) is 0. The first-order valence-electron chi connectivity index (χ1n) is 4.50. The van der Waals surface area contributed by atoms with Crippen LogP contribution in [-0.2, 0) is 4.74 Å². The van der Waals surface area contributed by atoms with Gasteiger partial charge in [0, 0.05) is 19.7 Å². The van der Waals surface area contributed by atoms with Crippen LogP contribution in [0.4, 0.5) is 0 Å². The Labute approximate surface area is 69.3 Å². The van der Waals surface area contributed by atoms with Crippen LogP contribution in [0.1, 0.15) is 26.7 Å². The van der Waals surface area contributed by atoms with E-state index in [1.54, 1.807) is 0 Å². The van der Waals surface area contributed by atoms with Crippen molar-refractivity contribution in [2.45, 2.75) is 38.8 Å². The molecule has 0 aromatic heterocycles. The van der Waals surface area contributed by atoms with E-state index in [1.165, 1.54) is 12.8 Å². The summed E-state index contributed by atoms with van der Waals surface area (Å²) in [5.74, 6) is 0.766. The number of nitrogens with one attached hydrogen (secondary N) is 1. The second-order valence-corrected chi connectivity index (χ2v) is 3.67. The van der Waals surface area contributed by atoms with Crippen LogP contribution in [0.5, 0.6) is 0 Å². The van der Waals surface area contributed by atoms with Gasteiger partial charge < -0.3 is 10.1 Å². The molecule has 1 rings (SSSR count). The minimum absolute atomic E-state index is 0.529. The van der Waals surface area contributed by atoms with E-state index in [0.29, 0.717) is 12.1 Å². The van der Waals surface area contributed by atoms with Crippen LogP contribution < -0.4 is 5.32 Å². The van der Waals surface area contributed by atoms with Gasteiger partial charge in [0.2, 0.25) is 0 Å². The Morgan fingerprint density at radius 2 is 2.18 bits per heavy atom. The summed E-state index contributed by atoms with van der Waals surface area (Å²) >= 11 is 0. The van der Waals surface area contributed by atoms with E-state index in [-0.39, 0.29) is 0 Å². The van der Waals surface area contributed by atoms with Crippen molar-refractivity contribution in [3.05, 3.63) is 0 Å². The van der Waals surface area contributed by atoms with Gasteiger partial charge in [-0.2, -0.15) is 0 Å². The zero-order valence-corrected chi connectivity index (χ0v) is 7.76. The topological polar surface area (TPSA) is 21.3 Å². The van der Waals surface area contributed by atoms with Gasteiger partial charge in [0.15, 0.2) is 0 Å². The number of ether oxygens (including phenoxy) is 1. The summed E-state index contributed by atoms with van der Waals surface area (Å²) in [6.45, 7) is 5.48. The van der Waals surface area contributed by atoms with Crippen molar-refractivity contribution in [1.29, 1.82) is 0 Å². The highest BCUT2D eigenvalue weighted by Gasteiger charge is 2.30. The second-order valence-electron chi connectivity index (χ2n) is 3.67. The number of hydrogen-bond donors (Lipinski definition) is 1. The molecular formula is C9H19NO. The van der Waals surface area contributed by atoms with Gasteiger partial charge in [-0.1, -0.05) is 13.8 Å². The van der Waals surface area contributed by atoms with Crippen LogP contribution in [0.25, 0.3) is 0 Å². The van der Waals surface area contributed by atoms with Crippen molar-refractivity contribution < 1.29 is 4.74 Å². The predicted molar refractivity (Wildman–Crippen MR) is 46.7 cm³/mol. The fourth-order valence-electron chi connectivity index (χ4n) is 1.47. The smallest absolute Gasteiger partial charge is 0.0611 e. The Balaban J connectivity index is 2.07. The van der Waals surface area contributed by atoms with Gasteiger partial charge in [-0.3, -0.25) is 0 Å². The number of methoxy groups -OCH3 is 1. The van der Waals surface area contributed by atoms with Gasteiger partial charge in [0.05, 0.1) is 6.10 Å². The highest BCUT2D eigenvalue weighted by Crippen LogP contribution is 2.28. The average molecular weight is 157 g/mol. The molecule has 0 saturated heterocycles. The third-order valence-electron chi connectivity index (χ3n) is 2.44. The standard InChI is InChI=1S/C9H19NO/c1-7(2)10-6-8-4-5-9(8)11-3/h7-10H,4-6H2,1-3H3/t8-,9+/m0/s1. The van der Waals surface area contributed by atoms with E-state index in [9.17, 15) is 0 Å². The largest absolute Gasteiger partial charge is 0.381 e. The van der Waals surface area contributed by atoms with Gasteiger partial charge >= 0.3 is 0 Å². The normalized spacial score (nSPS) is 30.5. The van der Waals surface area contributed by atoms with E-state index < -0.39 is 0 Å². The quantitative estimate of drug-likeness (QED) is 0.666. The highest BCUT2D eigenvalue weighted by atomic mass is 16.5. The summed E-state index contributed by atoms with van der Waals surface area (Å²) < 4.78 is 5.29. The van der Waals surface area contributed by atoms with E-state index in [4.69, 9.17) is 4.74 Å². The van der Waals surface area contributed by atoms with Gasteiger partial charge in [-0.25, -0.2) is 0 Å². The van der Waals surface area contributed by atoms with Crippen LogP contribution in [0.3, 0.4) is 0 Å². The van der Waals surface area contributed by atoms with Gasteiger partial charge in [-0.05, 0) is 18.8 Å². The molecule has 1 fully saturated rings. The lowest BCUT2D eigenvalue weighted by atomic mass is 9.82. The molecule has 0 radical (unpaired) electrons. The summed E-state index contributed by atoms with van der Waals surface area (Å²) in [6, 6.07) is 0.605. The zero-order chi connectivity index (χ0) is 8.27. The molecule has 1 aliphatic carbocycles. The molecule has 66 valence electrons. The second kappa shape index (κ2) is 4.07. The Hall–Kier alpha value is -0.0800. The summed E-state index contributed by atoms with van der Waals surface area (Å²) in [5, 5.41) is 3.43. The maximum atomic E-state index is 5.29. The minimum Gasteiger partial charge on any atom is -0.381 e. The van der Waals surface area contributed by atoms with Crippen LogP contribution in [-0.4, -0.2) is 25.8 Å². The lowest BCUT2D eigenvalue weighted by molar-refractivity contribution is -0.0159. The first kappa shape index (κ1) is 9.01. The molecule has 0 amide bonds. The van der Waals surface area contributed by atoms with Crippen molar-refractivity contribution in [3.8, 4) is 0 Å². The van der Waals surface area contributed by atoms with E-state index in [2.05, 4.69) is 19.2 Å². The molecule has 0 spiro atoms. The van der Waals surface area contributed by atoms with Gasteiger partial charge in [0.25, 0.3) is 0 Å². The molecule has 0 aliphatic heterocycles. The van der Waals surface area contributed by atoms with Crippen molar-refractivity contribution in [1.82, 2.24) is 5.32 Å². The molecule has 0 heterocycles. The molecule has 2 nitrogen and oxygen atoms in total. The van der Waals surface area contributed by atoms with Crippen molar-refractivity contribution in [3.63, 3.8) is 0 Å². The Morgan fingerprint density at radius 1 is 1.45 bits per heavy atom. The monoisotopic (exact) mass is 157 g/mol. The maximum absolute atomic E-state index is 5.29. The first-order valence-corrected chi connectivity index (χ1v) is 4.50. The molecule has 1 N–H and O–H groups in total. The minimum atomic E-state index is 0.529. The fourth-order valence-corrected chi connectivity index (χ4v) is 1.47. The molecule has 2 atom stereocenters. The summed E-state index contributed by atoms with van der Waals surface area (Å²) in [7, 11) is 1.81. The average Bonchev–Trinajstić information content (AvgIpc) is 1.86. The molecule has 0 aromatic carbocycles. The molecule has 11 heavy (non-hydrogen) atoms. The predicted octanol–water partition coefficient (Wildman–Crippen LogP) is 1.41. The fraction of sp³-hybridized carbons (Fsp3) is 1.00.